The number of hydrogen-bond acceptors (Lipinski definition) is 2. The molecule has 0 aromatic rings. The summed E-state index contributed by atoms with van der Waals surface area (Å²) >= 11 is 11.2. The summed E-state index contributed by atoms with van der Waals surface area (Å²) < 4.78 is 0. The van der Waals surface area contributed by atoms with Crippen LogP contribution in [0.15, 0.2) is 23.3 Å². The Morgan fingerprint density at radius 2 is 2.36 bits per heavy atom. The van der Waals surface area contributed by atoms with Crippen LogP contribution in [0.25, 0.3) is 0 Å². The van der Waals surface area contributed by atoms with E-state index in [0.717, 1.165) is 0 Å². The molecule has 11 heavy (non-hydrogen) atoms. The van der Waals surface area contributed by atoms with Gasteiger partial charge < -0.3 is 0 Å². The molecule has 1 aliphatic carbocycles. The van der Waals surface area contributed by atoms with Crippen LogP contribution >= 0.6 is 23.2 Å². The Bertz CT molecular complexity index is 249. The first-order chi connectivity index (χ1) is 5.07. The summed E-state index contributed by atoms with van der Waals surface area (Å²) in [6.45, 7) is 0. The van der Waals surface area contributed by atoms with Crippen LogP contribution in [0, 0.1) is 10.1 Å². The van der Waals surface area contributed by atoms with E-state index in [1.165, 1.54) is 6.08 Å². The van der Waals surface area contributed by atoms with Crippen molar-refractivity contribution < 1.29 is 4.92 Å². The highest BCUT2D eigenvalue weighted by Crippen LogP contribution is 2.35. The van der Waals surface area contributed by atoms with E-state index in [9.17, 15) is 10.1 Å². The summed E-state index contributed by atoms with van der Waals surface area (Å²) in [5.41, 5.74) is 0. The third kappa shape index (κ3) is 1.39. The largest absolute Gasteiger partial charge is 0.334 e. The highest BCUT2D eigenvalue weighted by molar-refractivity contribution is 6.39. The van der Waals surface area contributed by atoms with Crippen LogP contribution in [0.3, 0.4) is 0 Å². The number of rotatable bonds is 1. The lowest BCUT2D eigenvalue weighted by Crippen LogP contribution is -2.32. The van der Waals surface area contributed by atoms with Crippen molar-refractivity contribution in [3.63, 3.8) is 0 Å². The standard InChI is InChI=1S/C6H5Cl2NO2/c7-5-3-1-2-4-6(5,8)9(10)11/h1-3H,4H2. The predicted molar refractivity (Wildman–Crippen MR) is 43.3 cm³/mol. The fourth-order valence-electron chi connectivity index (χ4n) is 0.764. The molecule has 0 aromatic carbocycles. The van der Waals surface area contributed by atoms with Gasteiger partial charge in [-0.15, -0.1) is 0 Å². The minimum atomic E-state index is -1.63. The summed E-state index contributed by atoms with van der Waals surface area (Å²) in [4.78, 5) is 8.19. The van der Waals surface area contributed by atoms with Crippen LogP contribution < -0.4 is 0 Å². The van der Waals surface area contributed by atoms with Crippen LogP contribution in [0.1, 0.15) is 6.42 Å². The van der Waals surface area contributed by atoms with Gasteiger partial charge in [0.25, 0.3) is 0 Å². The average molecular weight is 194 g/mol. The molecule has 3 nitrogen and oxygen atoms in total. The van der Waals surface area contributed by atoms with Crippen molar-refractivity contribution in [3.8, 4) is 0 Å². The minimum Gasteiger partial charge on any atom is -0.262 e. The van der Waals surface area contributed by atoms with Crippen LogP contribution in [0.4, 0.5) is 0 Å². The van der Waals surface area contributed by atoms with Gasteiger partial charge in [0.2, 0.25) is 0 Å². The van der Waals surface area contributed by atoms with Gasteiger partial charge in [-0.25, -0.2) is 0 Å². The van der Waals surface area contributed by atoms with E-state index in [0.29, 0.717) is 0 Å². The molecule has 0 spiro atoms. The zero-order valence-corrected chi connectivity index (χ0v) is 6.97. The molecule has 0 aliphatic heterocycles. The Labute approximate surface area is 73.4 Å². The van der Waals surface area contributed by atoms with E-state index in [1.807, 2.05) is 0 Å². The first-order valence-corrected chi connectivity index (χ1v) is 3.69. The molecule has 0 aromatic heterocycles. The molecule has 0 bridgehead atoms. The molecular formula is C6H5Cl2NO2. The van der Waals surface area contributed by atoms with Gasteiger partial charge in [-0.3, -0.25) is 10.1 Å². The van der Waals surface area contributed by atoms with Gasteiger partial charge in [0.15, 0.2) is 0 Å². The number of allylic oxidation sites excluding steroid dienone is 2. The second-order valence-electron chi connectivity index (χ2n) is 2.16. The number of hydrogen-bond donors (Lipinski definition) is 0. The summed E-state index contributed by atoms with van der Waals surface area (Å²) in [5.74, 6) is 0. The van der Waals surface area contributed by atoms with Gasteiger partial charge in [0, 0.05) is 4.92 Å². The van der Waals surface area contributed by atoms with E-state index < -0.39 is 9.92 Å². The molecule has 5 heteroatoms. The van der Waals surface area contributed by atoms with Gasteiger partial charge in [-0.05, 0) is 17.7 Å². The SMILES string of the molecule is O=[N+]([O-])C1(Cl)CC=CC=C1Cl. The molecule has 1 unspecified atom stereocenters. The Balaban J connectivity index is 2.97. The van der Waals surface area contributed by atoms with Crippen molar-refractivity contribution in [2.45, 2.75) is 11.4 Å². The third-order valence-electron chi connectivity index (χ3n) is 1.42. The Hall–Kier alpha value is -0.540. The van der Waals surface area contributed by atoms with E-state index in [2.05, 4.69) is 0 Å². The number of nitro groups is 1. The van der Waals surface area contributed by atoms with Gasteiger partial charge in [0.05, 0.1) is 6.42 Å². The maximum Gasteiger partial charge on any atom is 0.334 e. The Kier molecular flexibility index (Phi) is 2.20. The highest BCUT2D eigenvalue weighted by atomic mass is 35.5. The Morgan fingerprint density at radius 1 is 1.73 bits per heavy atom. The maximum atomic E-state index is 10.4. The molecule has 0 amide bonds. The molecule has 1 rings (SSSR count). The van der Waals surface area contributed by atoms with Crippen molar-refractivity contribution in [2.24, 2.45) is 0 Å². The van der Waals surface area contributed by atoms with Gasteiger partial charge in [-0.1, -0.05) is 23.8 Å². The second-order valence-corrected chi connectivity index (χ2v) is 3.20. The topological polar surface area (TPSA) is 43.1 Å². The van der Waals surface area contributed by atoms with Crippen molar-refractivity contribution in [1.82, 2.24) is 0 Å². The van der Waals surface area contributed by atoms with Crippen molar-refractivity contribution >= 4 is 23.2 Å². The molecule has 1 aliphatic rings. The zero-order valence-electron chi connectivity index (χ0n) is 5.46. The molecule has 60 valence electrons. The second kappa shape index (κ2) is 2.83. The van der Waals surface area contributed by atoms with E-state index in [-0.39, 0.29) is 11.5 Å². The highest BCUT2D eigenvalue weighted by Gasteiger charge is 2.43. The number of nitrogens with zero attached hydrogens (tertiary/aromatic N) is 1. The van der Waals surface area contributed by atoms with Gasteiger partial charge >= 0.3 is 5.00 Å². The predicted octanol–water partition coefficient (Wildman–Crippen LogP) is 2.28. The fourth-order valence-corrected chi connectivity index (χ4v) is 1.13. The average Bonchev–Trinajstić information content (AvgIpc) is 1.95. The van der Waals surface area contributed by atoms with Crippen LogP contribution in [-0.4, -0.2) is 9.92 Å². The molecular weight excluding hydrogens is 189 g/mol. The zero-order chi connectivity index (χ0) is 8.48. The minimum absolute atomic E-state index is 0.0617. The number of halogens is 2. The monoisotopic (exact) mass is 193 g/mol. The van der Waals surface area contributed by atoms with Crippen molar-refractivity contribution in [1.29, 1.82) is 0 Å². The van der Waals surface area contributed by atoms with Crippen LogP contribution in [0.5, 0.6) is 0 Å². The molecule has 0 fully saturated rings. The third-order valence-corrected chi connectivity index (χ3v) is 2.45. The van der Waals surface area contributed by atoms with E-state index in [4.69, 9.17) is 23.2 Å². The van der Waals surface area contributed by atoms with Gasteiger partial charge in [-0.2, -0.15) is 0 Å². The Morgan fingerprint density at radius 3 is 2.73 bits per heavy atom. The smallest absolute Gasteiger partial charge is 0.262 e. The molecule has 0 N–H and O–H groups in total. The van der Waals surface area contributed by atoms with E-state index in [1.54, 1.807) is 12.2 Å². The summed E-state index contributed by atoms with van der Waals surface area (Å²) in [6, 6.07) is 0. The first-order valence-electron chi connectivity index (χ1n) is 2.93. The molecule has 0 heterocycles. The normalized spacial score (nSPS) is 29.8. The molecule has 0 saturated heterocycles. The van der Waals surface area contributed by atoms with Crippen molar-refractivity contribution in [2.75, 3.05) is 0 Å². The molecule has 1 atom stereocenters. The fraction of sp³-hybridized carbons (Fsp3) is 0.333. The molecule has 0 radical (unpaired) electrons. The maximum absolute atomic E-state index is 10.4. The summed E-state index contributed by atoms with van der Waals surface area (Å²) in [5, 5.41) is 10.5. The lowest BCUT2D eigenvalue weighted by atomic mass is 10.1. The summed E-state index contributed by atoms with van der Waals surface area (Å²) in [7, 11) is 0. The van der Waals surface area contributed by atoms with Crippen molar-refractivity contribution in [3.05, 3.63) is 33.4 Å². The van der Waals surface area contributed by atoms with Crippen LogP contribution in [0.2, 0.25) is 0 Å². The molecule has 0 saturated carbocycles. The number of alkyl halides is 1. The summed E-state index contributed by atoms with van der Waals surface area (Å²) in [6.07, 6.45) is 4.83. The quantitative estimate of drug-likeness (QED) is 0.278. The van der Waals surface area contributed by atoms with Gasteiger partial charge in [0.1, 0.15) is 5.03 Å². The van der Waals surface area contributed by atoms with E-state index >= 15 is 0 Å². The van der Waals surface area contributed by atoms with Crippen LogP contribution in [-0.2, 0) is 0 Å². The lowest BCUT2D eigenvalue weighted by molar-refractivity contribution is -0.528. The first kappa shape index (κ1) is 8.56. The lowest BCUT2D eigenvalue weighted by Gasteiger charge is -2.17.